The summed E-state index contributed by atoms with van der Waals surface area (Å²) in [7, 11) is 0. The molecule has 5 nitrogen and oxygen atoms in total. The molecule has 2 aromatic carbocycles. The fourth-order valence-electron chi connectivity index (χ4n) is 2.44. The zero-order valence-corrected chi connectivity index (χ0v) is 15.4. The SMILES string of the molecule is CCC(C)NC(=O)CNc1cccc(NC(=O)CCc2ccccc2)c1. The molecule has 0 fully saturated rings. The lowest BCUT2D eigenvalue weighted by Gasteiger charge is -2.13. The predicted molar refractivity (Wildman–Crippen MR) is 106 cm³/mol. The summed E-state index contributed by atoms with van der Waals surface area (Å²) in [6, 6.07) is 17.5. The van der Waals surface area contributed by atoms with E-state index in [9.17, 15) is 9.59 Å². The molecular formula is C21H27N3O2. The summed E-state index contributed by atoms with van der Waals surface area (Å²) in [6.07, 6.45) is 2.04. The van der Waals surface area contributed by atoms with E-state index < -0.39 is 0 Å². The molecule has 138 valence electrons. The molecule has 0 aliphatic carbocycles. The van der Waals surface area contributed by atoms with E-state index in [4.69, 9.17) is 0 Å². The third kappa shape index (κ3) is 6.97. The highest BCUT2D eigenvalue weighted by molar-refractivity contribution is 5.91. The molecule has 2 aromatic rings. The van der Waals surface area contributed by atoms with Gasteiger partial charge in [0.2, 0.25) is 11.8 Å². The normalized spacial score (nSPS) is 11.5. The zero-order chi connectivity index (χ0) is 18.8. The molecule has 0 aliphatic rings. The predicted octanol–water partition coefficient (Wildman–Crippen LogP) is 3.58. The van der Waals surface area contributed by atoms with Crippen molar-refractivity contribution in [3.63, 3.8) is 0 Å². The van der Waals surface area contributed by atoms with Crippen LogP contribution in [-0.2, 0) is 16.0 Å². The Labute approximate surface area is 155 Å². The van der Waals surface area contributed by atoms with Gasteiger partial charge in [-0.1, -0.05) is 43.3 Å². The summed E-state index contributed by atoms with van der Waals surface area (Å²) in [4.78, 5) is 23.9. The highest BCUT2D eigenvalue weighted by atomic mass is 16.2. The minimum atomic E-state index is -0.0448. The third-order valence-corrected chi connectivity index (χ3v) is 4.10. The third-order valence-electron chi connectivity index (χ3n) is 4.10. The van der Waals surface area contributed by atoms with Gasteiger partial charge in [-0.3, -0.25) is 9.59 Å². The maximum Gasteiger partial charge on any atom is 0.239 e. The summed E-state index contributed by atoms with van der Waals surface area (Å²) >= 11 is 0. The molecule has 26 heavy (non-hydrogen) atoms. The van der Waals surface area contributed by atoms with E-state index in [1.807, 2.05) is 68.4 Å². The molecular weight excluding hydrogens is 326 g/mol. The fourth-order valence-corrected chi connectivity index (χ4v) is 2.44. The lowest BCUT2D eigenvalue weighted by molar-refractivity contribution is -0.120. The van der Waals surface area contributed by atoms with Crippen LogP contribution >= 0.6 is 0 Å². The van der Waals surface area contributed by atoms with Gasteiger partial charge < -0.3 is 16.0 Å². The highest BCUT2D eigenvalue weighted by Gasteiger charge is 2.06. The highest BCUT2D eigenvalue weighted by Crippen LogP contribution is 2.15. The van der Waals surface area contributed by atoms with E-state index in [0.717, 1.165) is 23.4 Å². The number of amides is 2. The van der Waals surface area contributed by atoms with E-state index in [1.165, 1.54) is 0 Å². The first-order valence-electron chi connectivity index (χ1n) is 9.04. The molecule has 1 unspecified atom stereocenters. The van der Waals surface area contributed by atoms with Crippen LogP contribution in [0.25, 0.3) is 0 Å². The second-order valence-electron chi connectivity index (χ2n) is 6.34. The first kappa shape index (κ1) is 19.5. The summed E-state index contributed by atoms with van der Waals surface area (Å²) in [5.74, 6) is -0.0721. The van der Waals surface area contributed by atoms with Crippen molar-refractivity contribution in [3.05, 3.63) is 60.2 Å². The molecule has 2 amide bonds. The smallest absolute Gasteiger partial charge is 0.239 e. The number of nitrogens with one attached hydrogen (secondary N) is 3. The van der Waals surface area contributed by atoms with Crippen molar-refractivity contribution < 1.29 is 9.59 Å². The van der Waals surface area contributed by atoms with Crippen LogP contribution in [0.5, 0.6) is 0 Å². The maximum absolute atomic E-state index is 12.1. The van der Waals surface area contributed by atoms with E-state index in [-0.39, 0.29) is 24.4 Å². The number of rotatable bonds is 9. The average Bonchev–Trinajstić information content (AvgIpc) is 2.66. The summed E-state index contributed by atoms with van der Waals surface area (Å²) in [5, 5.41) is 8.89. The molecule has 0 aromatic heterocycles. The van der Waals surface area contributed by atoms with E-state index in [1.54, 1.807) is 0 Å². The molecule has 0 saturated heterocycles. The number of benzene rings is 2. The Hall–Kier alpha value is -2.82. The average molecular weight is 353 g/mol. The van der Waals surface area contributed by atoms with Gasteiger partial charge in [0.15, 0.2) is 0 Å². The Morgan fingerprint density at radius 1 is 0.962 bits per heavy atom. The monoisotopic (exact) mass is 353 g/mol. The Morgan fingerprint density at radius 3 is 2.42 bits per heavy atom. The second kappa shape index (κ2) is 10.2. The quantitative estimate of drug-likeness (QED) is 0.645. The lowest BCUT2D eigenvalue weighted by atomic mass is 10.1. The van der Waals surface area contributed by atoms with Crippen LogP contribution < -0.4 is 16.0 Å². The van der Waals surface area contributed by atoms with Crippen molar-refractivity contribution in [1.29, 1.82) is 0 Å². The number of hydrogen-bond donors (Lipinski definition) is 3. The van der Waals surface area contributed by atoms with Crippen molar-refractivity contribution in [2.75, 3.05) is 17.2 Å². The Balaban J connectivity index is 1.80. The van der Waals surface area contributed by atoms with Crippen molar-refractivity contribution in [2.45, 2.75) is 39.2 Å². The molecule has 0 radical (unpaired) electrons. The zero-order valence-electron chi connectivity index (χ0n) is 15.4. The van der Waals surface area contributed by atoms with Crippen LogP contribution in [0.1, 0.15) is 32.3 Å². The van der Waals surface area contributed by atoms with Gasteiger partial charge in [0.05, 0.1) is 6.54 Å². The van der Waals surface area contributed by atoms with Crippen LogP contribution in [-0.4, -0.2) is 24.4 Å². The van der Waals surface area contributed by atoms with Crippen molar-refractivity contribution in [1.82, 2.24) is 5.32 Å². The Kier molecular flexibility index (Phi) is 7.68. The van der Waals surface area contributed by atoms with Gasteiger partial charge in [0.25, 0.3) is 0 Å². The number of carbonyl (C=O) groups excluding carboxylic acids is 2. The van der Waals surface area contributed by atoms with E-state index in [0.29, 0.717) is 12.8 Å². The van der Waals surface area contributed by atoms with Gasteiger partial charge in [-0.05, 0) is 43.5 Å². The lowest BCUT2D eigenvalue weighted by Crippen LogP contribution is -2.36. The largest absolute Gasteiger partial charge is 0.376 e. The molecule has 2 rings (SSSR count). The number of aryl methyl sites for hydroxylation is 1. The maximum atomic E-state index is 12.1. The fraction of sp³-hybridized carbons (Fsp3) is 0.333. The number of carbonyl (C=O) groups is 2. The van der Waals surface area contributed by atoms with Crippen molar-refractivity contribution in [2.24, 2.45) is 0 Å². The van der Waals surface area contributed by atoms with Crippen LogP contribution in [0.2, 0.25) is 0 Å². The van der Waals surface area contributed by atoms with E-state index in [2.05, 4.69) is 16.0 Å². The minimum absolute atomic E-state index is 0.0273. The van der Waals surface area contributed by atoms with Crippen molar-refractivity contribution in [3.8, 4) is 0 Å². The Morgan fingerprint density at radius 2 is 1.69 bits per heavy atom. The summed E-state index contributed by atoms with van der Waals surface area (Å²) in [6.45, 7) is 4.21. The molecule has 0 spiro atoms. The van der Waals surface area contributed by atoms with Gasteiger partial charge in [-0.25, -0.2) is 0 Å². The molecule has 0 saturated carbocycles. The summed E-state index contributed by atoms with van der Waals surface area (Å²) < 4.78 is 0. The number of hydrogen-bond acceptors (Lipinski definition) is 3. The molecule has 3 N–H and O–H groups in total. The molecule has 0 bridgehead atoms. The first-order valence-corrected chi connectivity index (χ1v) is 9.04. The van der Waals surface area contributed by atoms with E-state index >= 15 is 0 Å². The van der Waals surface area contributed by atoms with Gasteiger partial charge >= 0.3 is 0 Å². The van der Waals surface area contributed by atoms with Crippen LogP contribution in [0, 0.1) is 0 Å². The minimum Gasteiger partial charge on any atom is -0.376 e. The first-order chi connectivity index (χ1) is 12.6. The number of anilines is 2. The van der Waals surface area contributed by atoms with Gasteiger partial charge in [0, 0.05) is 23.8 Å². The molecule has 0 aliphatic heterocycles. The van der Waals surface area contributed by atoms with Gasteiger partial charge in [-0.15, -0.1) is 0 Å². The topological polar surface area (TPSA) is 70.2 Å². The van der Waals surface area contributed by atoms with Crippen molar-refractivity contribution >= 4 is 23.2 Å². The van der Waals surface area contributed by atoms with Gasteiger partial charge in [-0.2, -0.15) is 0 Å². The van der Waals surface area contributed by atoms with Gasteiger partial charge in [0.1, 0.15) is 0 Å². The molecule has 5 heteroatoms. The second-order valence-corrected chi connectivity index (χ2v) is 6.34. The summed E-state index contributed by atoms with van der Waals surface area (Å²) in [5.41, 5.74) is 2.66. The van der Waals surface area contributed by atoms with Crippen LogP contribution in [0.3, 0.4) is 0 Å². The molecule has 0 heterocycles. The van der Waals surface area contributed by atoms with Crippen LogP contribution in [0.15, 0.2) is 54.6 Å². The Bertz CT molecular complexity index is 716. The standard InChI is InChI=1S/C21H27N3O2/c1-3-16(2)23-21(26)15-22-18-10-7-11-19(14-18)24-20(25)13-12-17-8-5-4-6-9-17/h4-11,14,16,22H,3,12-13,15H2,1-2H3,(H,23,26)(H,24,25). The molecule has 1 atom stereocenters. The van der Waals surface area contributed by atoms with Crippen LogP contribution in [0.4, 0.5) is 11.4 Å².